The summed E-state index contributed by atoms with van der Waals surface area (Å²) >= 11 is 0. The topological polar surface area (TPSA) is 69.1 Å². The Labute approximate surface area is 78.5 Å². The summed E-state index contributed by atoms with van der Waals surface area (Å²) in [7, 11) is 0. The van der Waals surface area contributed by atoms with Crippen molar-refractivity contribution in [1.82, 2.24) is 0 Å². The van der Waals surface area contributed by atoms with Crippen molar-refractivity contribution in [3.8, 4) is 12.3 Å². The van der Waals surface area contributed by atoms with Crippen molar-refractivity contribution in [3.63, 3.8) is 0 Å². The van der Waals surface area contributed by atoms with Gasteiger partial charge < -0.3 is 11.5 Å². The first-order chi connectivity index (χ1) is 6.20. The van der Waals surface area contributed by atoms with E-state index in [4.69, 9.17) is 17.9 Å². The number of carbonyl (C=O) groups excluding carboxylic acids is 1. The Kier molecular flexibility index (Phi) is 6.52. The molecule has 4 N–H and O–H groups in total. The number of terminal acetylenes is 1. The van der Waals surface area contributed by atoms with Crippen LogP contribution in [-0.4, -0.2) is 18.4 Å². The molecule has 0 saturated heterocycles. The summed E-state index contributed by atoms with van der Waals surface area (Å²) in [5.74, 6) is 2.35. The molecule has 3 heteroatoms. The predicted molar refractivity (Wildman–Crippen MR) is 53.7 cm³/mol. The number of allylic oxidation sites excluding steroid dienone is 1. The Morgan fingerprint density at radius 3 is 2.62 bits per heavy atom. The van der Waals surface area contributed by atoms with Crippen molar-refractivity contribution in [2.24, 2.45) is 11.5 Å². The van der Waals surface area contributed by atoms with Gasteiger partial charge in [-0.25, -0.2) is 0 Å². The van der Waals surface area contributed by atoms with Gasteiger partial charge >= 0.3 is 0 Å². The van der Waals surface area contributed by atoms with Crippen LogP contribution in [0.5, 0.6) is 0 Å². The number of aldehydes is 1. The minimum absolute atomic E-state index is 0.143. The van der Waals surface area contributed by atoms with Gasteiger partial charge in [0.05, 0.1) is 6.04 Å². The number of hydrogen-bond donors (Lipinski definition) is 2. The molecule has 3 nitrogen and oxygen atoms in total. The van der Waals surface area contributed by atoms with Gasteiger partial charge in [0.2, 0.25) is 0 Å². The quantitative estimate of drug-likeness (QED) is 0.269. The Balaban J connectivity index is 3.80. The lowest BCUT2D eigenvalue weighted by Gasteiger charge is -2.01. The third-order valence-electron chi connectivity index (χ3n) is 1.38. The first kappa shape index (κ1) is 11.6. The lowest BCUT2D eigenvalue weighted by molar-refractivity contribution is -0.104. The van der Waals surface area contributed by atoms with E-state index < -0.39 is 0 Å². The van der Waals surface area contributed by atoms with Gasteiger partial charge in [-0.1, -0.05) is 24.1 Å². The van der Waals surface area contributed by atoms with Crippen LogP contribution in [0.2, 0.25) is 0 Å². The Morgan fingerprint density at radius 2 is 2.08 bits per heavy atom. The number of carbonyl (C=O) groups is 1. The lowest BCUT2D eigenvalue weighted by Crippen LogP contribution is -2.19. The highest BCUT2D eigenvalue weighted by Gasteiger charge is 1.94. The minimum Gasteiger partial charge on any atom is -0.324 e. The van der Waals surface area contributed by atoms with E-state index in [-0.39, 0.29) is 12.1 Å². The SMILES string of the molecule is C#CC(N)C=CC(N)CC=CC=O. The van der Waals surface area contributed by atoms with Crippen LogP contribution in [0.15, 0.2) is 24.3 Å². The first-order valence-corrected chi connectivity index (χ1v) is 3.96. The van der Waals surface area contributed by atoms with Crippen molar-refractivity contribution >= 4 is 6.29 Å². The van der Waals surface area contributed by atoms with Gasteiger partial charge in [-0.15, -0.1) is 6.42 Å². The summed E-state index contributed by atoms with van der Waals surface area (Å²) in [4.78, 5) is 9.91. The zero-order valence-electron chi connectivity index (χ0n) is 7.39. The van der Waals surface area contributed by atoms with Gasteiger partial charge in [-0.3, -0.25) is 4.79 Å². The molecule has 0 amide bonds. The Morgan fingerprint density at radius 1 is 1.38 bits per heavy atom. The monoisotopic (exact) mass is 178 g/mol. The van der Waals surface area contributed by atoms with Crippen LogP contribution < -0.4 is 11.5 Å². The average molecular weight is 178 g/mol. The van der Waals surface area contributed by atoms with Crippen LogP contribution in [0.25, 0.3) is 0 Å². The average Bonchev–Trinajstić information content (AvgIpc) is 2.14. The standard InChI is InChI=1S/C10H14N2O/c1-2-9(11)6-7-10(12)5-3-4-8-13/h1,3-4,6-10H,5,11-12H2. The first-order valence-electron chi connectivity index (χ1n) is 3.96. The summed E-state index contributed by atoms with van der Waals surface area (Å²) in [6, 6.07) is -0.531. The highest BCUT2D eigenvalue weighted by atomic mass is 16.1. The number of rotatable bonds is 5. The maximum Gasteiger partial charge on any atom is 0.142 e. The van der Waals surface area contributed by atoms with E-state index in [1.165, 1.54) is 6.08 Å². The van der Waals surface area contributed by atoms with Crippen LogP contribution in [0.3, 0.4) is 0 Å². The molecule has 0 rings (SSSR count). The summed E-state index contributed by atoms with van der Waals surface area (Å²) in [5, 5.41) is 0. The van der Waals surface area contributed by atoms with E-state index in [0.29, 0.717) is 12.7 Å². The fraction of sp³-hybridized carbons (Fsp3) is 0.300. The molecular formula is C10H14N2O. The van der Waals surface area contributed by atoms with Crippen LogP contribution in [0, 0.1) is 12.3 Å². The van der Waals surface area contributed by atoms with Crippen molar-refractivity contribution in [2.75, 3.05) is 0 Å². The summed E-state index contributed by atoms with van der Waals surface area (Å²) < 4.78 is 0. The molecule has 2 unspecified atom stereocenters. The van der Waals surface area contributed by atoms with E-state index in [2.05, 4.69) is 5.92 Å². The number of nitrogens with two attached hydrogens (primary N) is 2. The molecule has 70 valence electrons. The van der Waals surface area contributed by atoms with Gasteiger partial charge in [-0.05, 0) is 12.5 Å². The summed E-state index contributed by atoms with van der Waals surface area (Å²) in [5.41, 5.74) is 11.1. The molecular weight excluding hydrogens is 164 g/mol. The van der Waals surface area contributed by atoms with Gasteiger partial charge in [0.1, 0.15) is 6.29 Å². The van der Waals surface area contributed by atoms with Crippen LogP contribution >= 0.6 is 0 Å². The summed E-state index contributed by atoms with van der Waals surface area (Å²) in [6.07, 6.45) is 12.9. The molecule has 0 aromatic heterocycles. The van der Waals surface area contributed by atoms with Crippen molar-refractivity contribution < 1.29 is 4.79 Å². The van der Waals surface area contributed by atoms with E-state index in [1.54, 1.807) is 18.2 Å². The molecule has 0 radical (unpaired) electrons. The predicted octanol–water partition coefficient (Wildman–Crippen LogP) is -0.0244. The highest BCUT2D eigenvalue weighted by Crippen LogP contribution is 1.92. The normalized spacial score (nSPS) is 15.8. The second-order valence-electron chi connectivity index (χ2n) is 2.54. The lowest BCUT2D eigenvalue weighted by atomic mass is 10.1. The van der Waals surface area contributed by atoms with Gasteiger partial charge in [-0.2, -0.15) is 0 Å². The van der Waals surface area contributed by atoms with E-state index >= 15 is 0 Å². The fourth-order valence-corrected chi connectivity index (χ4v) is 0.688. The molecule has 13 heavy (non-hydrogen) atoms. The van der Waals surface area contributed by atoms with Crippen molar-refractivity contribution in [1.29, 1.82) is 0 Å². The summed E-state index contributed by atoms with van der Waals surface area (Å²) in [6.45, 7) is 0. The van der Waals surface area contributed by atoms with Gasteiger partial charge in [0, 0.05) is 6.04 Å². The van der Waals surface area contributed by atoms with Crippen LogP contribution in [0.4, 0.5) is 0 Å². The molecule has 0 aliphatic heterocycles. The minimum atomic E-state index is -0.388. The Bertz CT molecular complexity index is 238. The zero-order valence-corrected chi connectivity index (χ0v) is 7.39. The van der Waals surface area contributed by atoms with Crippen LogP contribution in [-0.2, 0) is 4.79 Å². The van der Waals surface area contributed by atoms with Crippen molar-refractivity contribution in [3.05, 3.63) is 24.3 Å². The molecule has 0 saturated carbocycles. The molecule has 0 heterocycles. The molecule has 0 aromatic rings. The van der Waals surface area contributed by atoms with E-state index in [0.717, 1.165) is 0 Å². The Hall–Kier alpha value is -1.37. The van der Waals surface area contributed by atoms with E-state index in [9.17, 15) is 4.79 Å². The molecule has 0 bridgehead atoms. The second kappa shape index (κ2) is 7.29. The largest absolute Gasteiger partial charge is 0.324 e. The molecule has 0 spiro atoms. The molecule has 0 fully saturated rings. The van der Waals surface area contributed by atoms with Crippen molar-refractivity contribution in [2.45, 2.75) is 18.5 Å². The molecule has 0 aliphatic rings. The molecule has 0 aromatic carbocycles. The smallest absolute Gasteiger partial charge is 0.142 e. The third kappa shape index (κ3) is 7.01. The van der Waals surface area contributed by atoms with Gasteiger partial charge in [0.15, 0.2) is 0 Å². The van der Waals surface area contributed by atoms with E-state index in [1.807, 2.05) is 0 Å². The second-order valence-corrected chi connectivity index (χ2v) is 2.54. The fourth-order valence-electron chi connectivity index (χ4n) is 0.688. The van der Waals surface area contributed by atoms with Crippen LogP contribution in [0.1, 0.15) is 6.42 Å². The third-order valence-corrected chi connectivity index (χ3v) is 1.38. The van der Waals surface area contributed by atoms with Gasteiger partial charge in [0.25, 0.3) is 0 Å². The molecule has 2 atom stereocenters. The zero-order chi connectivity index (χ0) is 10.1. The highest BCUT2D eigenvalue weighted by molar-refractivity contribution is 5.64. The maximum absolute atomic E-state index is 9.91. The molecule has 0 aliphatic carbocycles. The number of hydrogen-bond acceptors (Lipinski definition) is 3. The maximum atomic E-state index is 9.91.